The quantitative estimate of drug-likeness (QED) is 0.452. The zero-order chi connectivity index (χ0) is 21.7. The highest BCUT2D eigenvalue weighted by Crippen LogP contribution is 2.71. The fourth-order valence-electron chi connectivity index (χ4n) is 9.19. The minimum Gasteiger partial charge on any atom is -0.392 e. The number of rotatable bonds is 5. The van der Waals surface area contributed by atoms with Crippen LogP contribution in [0.1, 0.15) is 112 Å². The Morgan fingerprint density at radius 1 is 1.07 bits per heavy atom. The zero-order valence-electron chi connectivity index (χ0n) is 20.8. The number of fused-ring (bicyclic) bond motifs is 4. The molecule has 30 heavy (non-hydrogen) atoms. The van der Waals surface area contributed by atoms with Gasteiger partial charge in [-0.05, 0) is 105 Å². The molecule has 2 unspecified atom stereocenters. The first-order valence-electron chi connectivity index (χ1n) is 13.2. The van der Waals surface area contributed by atoms with Crippen LogP contribution in [0.5, 0.6) is 0 Å². The second kappa shape index (κ2) is 8.09. The van der Waals surface area contributed by atoms with Gasteiger partial charge in [0, 0.05) is 0 Å². The lowest BCUT2D eigenvalue weighted by Gasteiger charge is -2.59. The second-order valence-electron chi connectivity index (χ2n) is 12.5. The number of hydrogen-bond donors (Lipinski definition) is 1. The molecule has 0 spiro atoms. The molecule has 4 aliphatic rings. The van der Waals surface area contributed by atoms with Gasteiger partial charge in [-0.2, -0.15) is 0 Å². The van der Waals surface area contributed by atoms with E-state index in [1.807, 2.05) is 11.1 Å². The fourth-order valence-corrected chi connectivity index (χ4v) is 9.19. The molecule has 0 aromatic heterocycles. The Balaban J connectivity index is 1.59. The Hall–Kier alpha value is -0.560. The van der Waals surface area contributed by atoms with Crippen LogP contribution in [0.3, 0.4) is 0 Å². The number of allylic oxidation sites excluding steroid dienone is 3. The molecule has 2 saturated carbocycles. The van der Waals surface area contributed by atoms with E-state index in [2.05, 4.69) is 47.6 Å². The Bertz CT molecular complexity index is 716. The highest BCUT2D eigenvalue weighted by atomic mass is 16.3. The molecule has 0 saturated heterocycles. The van der Waals surface area contributed by atoms with Crippen molar-refractivity contribution in [2.45, 2.75) is 112 Å². The predicted molar refractivity (Wildman–Crippen MR) is 128 cm³/mol. The van der Waals surface area contributed by atoms with Crippen molar-refractivity contribution in [3.8, 4) is 0 Å². The minimum absolute atomic E-state index is 0.211. The molecule has 0 aliphatic heterocycles. The van der Waals surface area contributed by atoms with Crippen molar-refractivity contribution in [3.05, 3.63) is 22.8 Å². The van der Waals surface area contributed by atoms with Gasteiger partial charge < -0.3 is 5.11 Å². The van der Waals surface area contributed by atoms with E-state index < -0.39 is 0 Å². The van der Waals surface area contributed by atoms with Crippen LogP contribution >= 0.6 is 0 Å². The first-order chi connectivity index (χ1) is 14.2. The Morgan fingerprint density at radius 2 is 1.83 bits per heavy atom. The van der Waals surface area contributed by atoms with Crippen molar-refractivity contribution in [3.63, 3.8) is 0 Å². The lowest BCUT2D eigenvalue weighted by molar-refractivity contribution is 0.00900. The lowest BCUT2D eigenvalue weighted by Crippen LogP contribution is -2.49. The van der Waals surface area contributed by atoms with Gasteiger partial charge in [-0.1, -0.05) is 70.3 Å². The van der Waals surface area contributed by atoms with Gasteiger partial charge in [0.2, 0.25) is 0 Å². The lowest BCUT2D eigenvalue weighted by atomic mass is 9.45. The maximum Gasteiger partial charge on any atom is 0.0639 e. The molecule has 170 valence electrons. The third kappa shape index (κ3) is 3.28. The summed E-state index contributed by atoms with van der Waals surface area (Å²) in [7, 11) is 0. The van der Waals surface area contributed by atoms with Crippen molar-refractivity contribution in [2.24, 2.45) is 39.9 Å². The summed E-state index contributed by atoms with van der Waals surface area (Å²) in [6.07, 6.45) is 17.5. The predicted octanol–water partition coefficient (Wildman–Crippen LogP) is 8.09. The van der Waals surface area contributed by atoms with Crippen LogP contribution < -0.4 is 0 Å². The summed E-state index contributed by atoms with van der Waals surface area (Å²) < 4.78 is 0. The highest BCUT2D eigenvalue weighted by Gasteiger charge is 2.61. The molecule has 4 aliphatic carbocycles. The molecule has 0 radical (unpaired) electrons. The highest BCUT2D eigenvalue weighted by molar-refractivity contribution is 5.38. The van der Waals surface area contributed by atoms with E-state index >= 15 is 0 Å². The van der Waals surface area contributed by atoms with Crippen LogP contribution in [0, 0.1) is 39.9 Å². The maximum absolute atomic E-state index is 9.30. The molecule has 1 heteroatoms. The Morgan fingerprint density at radius 3 is 2.57 bits per heavy atom. The largest absolute Gasteiger partial charge is 0.392 e. The van der Waals surface area contributed by atoms with Gasteiger partial charge in [0.15, 0.2) is 0 Å². The van der Waals surface area contributed by atoms with Gasteiger partial charge in [0.1, 0.15) is 0 Å². The molecular weight excluding hydrogens is 364 g/mol. The van der Waals surface area contributed by atoms with Gasteiger partial charge in [0.05, 0.1) is 6.61 Å². The third-order valence-corrected chi connectivity index (χ3v) is 11.3. The molecule has 0 bridgehead atoms. The van der Waals surface area contributed by atoms with E-state index in [0.29, 0.717) is 16.2 Å². The molecule has 7 atom stereocenters. The second-order valence-corrected chi connectivity index (χ2v) is 12.5. The standard InChI is InChI=1S/C29H48O/c1-20(19-30)9-7-10-22(3)24-14-17-29(6)26-13-12-23-21(2)11-8-16-27(23,4)25(26)15-18-28(24,29)5/h9,21-24,30H,7-8,10-19H2,1-6H3/t21?,22-,23?,24-,27+,28-,29+/m1/s1. The summed E-state index contributed by atoms with van der Waals surface area (Å²) in [4.78, 5) is 0. The Labute approximate surface area is 186 Å². The summed E-state index contributed by atoms with van der Waals surface area (Å²) in [6.45, 7) is 15.4. The van der Waals surface area contributed by atoms with E-state index in [9.17, 15) is 5.11 Å². The number of hydrogen-bond acceptors (Lipinski definition) is 1. The Kier molecular flexibility index (Phi) is 6.10. The van der Waals surface area contributed by atoms with E-state index in [1.165, 1.54) is 64.2 Å². The summed E-state index contributed by atoms with van der Waals surface area (Å²) in [5, 5.41) is 9.30. The normalized spacial score (nSPS) is 45.0. The van der Waals surface area contributed by atoms with Gasteiger partial charge in [-0.25, -0.2) is 0 Å². The van der Waals surface area contributed by atoms with Gasteiger partial charge >= 0.3 is 0 Å². The van der Waals surface area contributed by atoms with Crippen LogP contribution in [0.2, 0.25) is 0 Å². The van der Waals surface area contributed by atoms with Crippen molar-refractivity contribution in [2.75, 3.05) is 6.61 Å². The maximum atomic E-state index is 9.30. The first kappa shape index (κ1) is 22.6. The van der Waals surface area contributed by atoms with Crippen molar-refractivity contribution in [1.82, 2.24) is 0 Å². The third-order valence-electron chi connectivity index (χ3n) is 11.3. The molecule has 4 rings (SSSR count). The molecule has 1 N–H and O–H groups in total. The average Bonchev–Trinajstić information content (AvgIpc) is 2.99. The van der Waals surface area contributed by atoms with Gasteiger partial charge in [0.25, 0.3) is 0 Å². The van der Waals surface area contributed by atoms with Crippen molar-refractivity contribution >= 4 is 0 Å². The zero-order valence-corrected chi connectivity index (χ0v) is 20.8. The summed E-state index contributed by atoms with van der Waals surface area (Å²) >= 11 is 0. The molecule has 0 aromatic carbocycles. The van der Waals surface area contributed by atoms with Crippen LogP contribution in [0.4, 0.5) is 0 Å². The number of aliphatic hydroxyl groups excluding tert-OH is 1. The molecular formula is C29H48O. The van der Waals surface area contributed by atoms with Crippen molar-refractivity contribution in [1.29, 1.82) is 0 Å². The summed E-state index contributed by atoms with van der Waals surface area (Å²) in [5.74, 6) is 3.50. The first-order valence-corrected chi connectivity index (χ1v) is 13.2. The average molecular weight is 413 g/mol. The van der Waals surface area contributed by atoms with E-state index in [4.69, 9.17) is 0 Å². The van der Waals surface area contributed by atoms with Gasteiger partial charge in [-0.15, -0.1) is 0 Å². The fraction of sp³-hybridized carbons (Fsp3) is 0.862. The van der Waals surface area contributed by atoms with E-state index in [1.54, 1.807) is 0 Å². The van der Waals surface area contributed by atoms with E-state index in [0.717, 1.165) is 35.7 Å². The molecule has 0 aromatic rings. The number of aliphatic hydroxyl groups is 1. The summed E-state index contributed by atoms with van der Waals surface area (Å²) in [5.41, 5.74) is 6.43. The topological polar surface area (TPSA) is 20.2 Å². The van der Waals surface area contributed by atoms with Crippen LogP contribution in [-0.2, 0) is 0 Å². The van der Waals surface area contributed by atoms with Crippen LogP contribution in [0.25, 0.3) is 0 Å². The summed E-state index contributed by atoms with van der Waals surface area (Å²) in [6, 6.07) is 0. The van der Waals surface area contributed by atoms with Crippen LogP contribution in [-0.4, -0.2) is 11.7 Å². The smallest absolute Gasteiger partial charge is 0.0639 e. The van der Waals surface area contributed by atoms with Crippen LogP contribution in [0.15, 0.2) is 22.8 Å². The van der Waals surface area contributed by atoms with E-state index in [-0.39, 0.29) is 6.61 Å². The molecule has 1 nitrogen and oxygen atoms in total. The molecule has 0 amide bonds. The minimum atomic E-state index is 0.211. The van der Waals surface area contributed by atoms with Gasteiger partial charge in [-0.3, -0.25) is 0 Å². The SMILES string of the molecule is CC(=CCC[C@@H](C)[C@H]1CC[C@@]2(C)C3=C(CC[C@]12C)[C@@]1(C)CCCC(C)C1CC3)CO. The monoisotopic (exact) mass is 412 g/mol. The molecule has 2 fully saturated rings. The molecule has 0 heterocycles. The van der Waals surface area contributed by atoms with Crippen molar-refractivity contribution < 1.29 is 5.11 Å².